The zero-order chi connectivity index (χ0) is 15.9. The average molecular weight is 303 g/mol. The van der Waals surface area contributed by atoms with E-state index in [1.165, 1.54) is 4.90 Å². The molecule has 1 aromatic carbocycles. The van der Waals surface area contributed by atoms with Crippen LogP contribution in [-0.4, -0.2) is 41.8 Å². The molecule has 1 fully saturated rings. The lowest BCUT2D eigenvalue weighted by Gasteiger charge is -2.33. The van der Waals surface area contributed by atoms with E-state index in [-0.39, 0.29) is 13.0 Å². The third kappa shape index (κ3) is 3.93. The lowest BCUT2D eigenvalue weighted by atomic mass is 10.0. The van der Waals surface area contributed by atoms with Crippen LogP contribution in [0.3, 0.4) is 0 Å². The van der Waals surface area contributed by atoms with Crippen LogP contribution in [0.5, 0.6) is 0 Å². The summed E-state index contributed by atoms with van der Waals surface area (Å²) in [5.74, 6) is -1.48. The summed E-state index contributed by atoms with van der Waals surface area (Å²) in [5, 5.41) is 0. The van der Waals surface area contributed by atoms with Crippen LogP contribution >= 0.6 is 0 Å². The number of rotatable bonds is 5. The van der Waals surface area contributed by atoms with Crippen molar-refractivity contribution in [1.82, 2.24) is 4.90 Å². The van der Waals surface area contributed by atoms with E-state index >= 15 is 0 Å². The Morgan fingerprint density at radius 3 is 2.59 bits per heavy atom. The predicted molar refractivity (Wildman–Crippen MR) is 81.1 cm³/mol. The quantitative estimate of drug-likeness (QED) is 0.614. The molecule has 1 aliphatic rings. The number of amides is 1. The number of carbonyl (C=O) groups excluding carboxylic acids is 3. The van der Waals surface area contributed by atoms with Crippen molar-refractivity contribution in [1.29, 1.82) is 0 Å². The van der Waals surface area contributed by atoms with Gasteiger partial charge < -0.3 is 9.64 Å². The SMILES string of the molecule is CCOC(=O)C1CCCCN1C(=O)C(=O)Cc1ccccc1. The molecule has 0 aromatic heterocycles. The van der Waals surface area contributed by atoms with Crippen molar-refractivity contribution in [3.63, 3.8) is 0 Å². The smallest absolute Gasteiger partial charge is 0.328 e. The molecule has 22 heavy (non-hydrogen) atoms. The molecule has 118 valence electrons. The van der Waals surface area contributed by atoms with Gasteiger partial charge in [-0.05, 0) is 31.7 Å². The summed E-state index contributed by atoms with van der Waals surface area (Å²) in [7, 11) is 0. The molecule has 0 bridgehead atoms. The number of ether oxygens (including phenoxy) is 1. The summed E-state index contributed by atoms with van der Waals surface area (Å²) < 4.78 is 5.02. The highest BCUT2D eigenvalue weighted by atomic mass is 16.5. The van der Waals surface area contributed by atoms with E-state index < -0.39 is 23.7 Å². The molecule has 0 aliphatic carbocycles. The highest BCUT2D eigenvalue weighted by molar-refractivity contribution is 6.36. The number of piperidine rings is 1. The number of nitrogens with zero attached hydrogens (tertiary/aromatic N) is 1. The number of Topliss-reactive ketones (excluding diaryl/α,β-unsaturated/α-hetero) is 1. The van der Waals surface area contributed by atoms with Gasteiger partial charge in [0.25, 0.3) is 5.91 Å². The van der Waals surface area contributed by atoms with Crippen LogP contribution in [0.25, 0.3) is 0 Å². The standard InChI is InChI=1S/C17H21NO4/c1-2-22-17(21)14-10-6-7-11-18(14)16(20)15(19)12-13-8-4-3-5-9-13/h3-5,8-9,14H,2,6-7,10-12H2,1H3. The third-order valence-electron chi connectivity index (χ3n) is 3.77. The van der Waals surface area contributed by atoms with Gasteiger partial charge in [-0.1, -0.05) is 30.3 Å². The highest BCUT2D eigenvalue weighted by Gasteiger charge is 2.35. The van der Waals surface area contributed by atoms with Crippen LogP contribution in [0.2, 0.25) is 0 Å². The van der Waals surface area contributed by atoms with Gasteiger partial charge in [-0.15, -0.1) is 0 Å². The molecule has 1 atom stereocenters. The number of benzene rings is 1. The van der Waals surface area contributed by atoms with Gasteiger partial charge in [0.1, 0.15) is 6.04 Å². The molecular formula is C17H21NO4. The Morgan fingerprint density at radius 1 is 1.18 bits per heavy atom. The second kappa shape index (κ2) is 7.73. The van der Waals surface area contributed by atoms with Crippen LogP contribution in [0.15, 0.2) is 30.3 Å². The largest absolute Gasteiger partial charge is 0.464 e. The van der Waals surface area contributed by atoms with E-state index in [2.05, 4.69) is 0 Å². The van der Waals surface area contributed by atoms with Crippen LogP contribution in [0.1, 0.15) is 31.7 Å². The normalized spacial score (nSPS) is 17.9. The lowest BCUT2D eigenvalue weighted by Crippen LogP contribution is -2.51. The fraction of sp³-hybridized carbons (Fsp3) is 0.471. The minimum absolute atomic E-state index is 0.0612. The molecular weight excluding hydrogens is 282 g/mol. The third-order valence-corrected chi connectivity index (χ3v) is 3.77. The van der Waals surface area contributed by atoms with Gasteiger partial charge in [0, 0.05) is 13.0 Å². The molecule has 1 saturated heterocycles. The van der Waals surface area contributed by atoms with Crippen molar-refractivity contribution in [3.05, 3.63) is 35.9 Å². The van der Waals surface area contributed by atoms with Crippen molar-refractivity contribution in [2.24, 2.45) is 0 Å². The second-order valence-electron chi connectivity index (χ2n) is 5.35. The van der Waals surface area contributed by atoms with Crippen LogP contribution in [0, 0.1) is 0 Å². The first kappa shape index (κ1) is 16.2. The minimum Gasteiger partial charge on any atom is -0.464 e. The first-order chi connectivity index (χ1) is 10.6. The van der Waals surface area contributed by atoms with Gasteiger partial charge in [0.05, 0.1) is 6.61 Å². The molecule has 1 unspecified atom stereocenters. The summed E-state index contributed by atoms with van der Waals surface area (Å²) in [4.78, 5) is 37.9. The van der Waals surface area contributed by atoms with E-state index in [0.717, 1.165) is 18.4 Å². The topological polar surface area (TPSA) is 63.7 Å². The molecule has 5 heteroatoms. The molecule has 0 radical (unpaired) electrons. The number of hydrogen-bond acceptors (Lipinski definition) is 4. The van der Waals surface area contributed by atoms with Crippen molar-refractivity contribution < 1.29 is 19.1 Å². The van der Waals surface area contributed by atoms with Crippen LogP contribution < -0.4 is 0 Å². The van der Waals surface area contributed by atoms with Crippen molar-refractivity contribution in [2.45, 2.75) is 38.6 Å². The molecule has 0 spiro atoms. The zero-order valence-electron chi connectivity index (χ0n) is 12.8. The Hall–Kier alpha value is -2.17. The Balaban J connectivity index is 2.05. The van der Waals surface area contributed by atoms with E-state index in [1.54, 1.807) is 6.92 Å². The van der Waals surface area contributed by atoms with Gasteiger partial charge >= 0.3 is 5.97 Å². The second-order valence-corrected chi connectivity index (χ2v) is 5.35. The maximum Gasteiger partial charge on any atom is 0.328 e. The molecule has 2 rings (SSSR count). The van der Waals surface area contributed by atoms with Gasteiger partial charge in [-0.25, -0.2) is 4.79 Å². The number of esters is 1. The van der Waals surface area contributed by atoms with E-state index in [1.807, 2.05) is 30.3 Å². The summed E-state index contributed by atoms with van der Waals surface area (Å²) in [6, 6.07) is 8.51. The zero-order valence-corrected chi connectivity index (χ0v) is 12.8. The molecule has 1 heterocycles. The average Bonchev–Trinajstić information content (AvgIpc) is 2.55. The first-order valence-electron chi connectivity index (χ1n) is 7.68. The van der Waals surface area contributed by atoms with E-state index in [0.29, 0.717) is 13.0 Å². The molecule has 1 aliphatic heterocycles. The molecule has 1 aromatic rings. The fourth-order valence-electron chi connectivity index (χ4n) is 2.68. The maximum absolute atomic E-state index is 12.4. The highest BCUT2D eigenvalue weighted by Crippen LogP contribution is 2.19. The molecule has 5 nitrogen and oxygen atoms in total. The van der Waals surface area contributed by atoms with Crippen LogP contribution in [0.4, 0.5) is 0 Å². The first-order valence-corrected chi connectivity index (χ1v) is 7.68. The Labute approximate surface area is 130 Å². The minimum atomic E-state index is -0.624. The number of carbonyl (C=O) groups is 3. The maximum atomic E-state index is 12.4. The predicted octanol–water partition coefficient (Wildman–Crippen LogP) is 1.74. The Morgan fingerprint density at radius 2 is 1.91 bits per heavy atom. The van der Waals surface area contributed by atoms with E-state index in [9.17, 15) is 14.4 Å². The lowest BCUT2D eigenvalue weighted by molar-refractivity contribution is -0.158. The van der Waals surface area contributed by atoms with Crippen LogP contribution in [-0.2, 0) is 25.5 Å². The van der Waals surface area contributed by atoms with Crippen molar-refractivity contribution >= 4 is 17.7 Å². The summed E-state index contributed by atoms with van der Waals surface area (Å²) in [6.45, 7) is 2.44. The summed E-state index contributed by atoms with van der Waals surface area (Å²) in [5.41, 5.74) is 0.797. The Bertz CT molecular complexity index is 541. The number of ketones is 1. The molecule has 0 saturated carbocycles. The molecule has 0 N–H and O–H groups in total. The summed E-state index contributed by atoms with van der Waals surface area (Å²) >= 11 is 0. The van der Waals surface area contributed by atoms with E-state index in [4.69, 9.17) is 4.74 Å². The van der Waals surface area contributed by atoms with Gasteiger partial charge in [-0.2, -0.15) is 0 Å². The Kier molecular flexibility index (Phi) is 5.69. The van der Waals surface area contributed by atoms with Gasteiger partial charge in [-0.3, -0.25) is 9.59 Å². The number of hydrogen-bond donors (Lipinski definition) is 0. The molecule has 1 amide bonds. The van der Waals surface area contributed by atoms with Gasteiger partial charge in [0.15, 0.2) is 0 Å². The summed E-state index contributed by atoms with van der Waals surface area (Å²) in [6.07, 6.45) is 2.29. The fourth-order valence-corrected chi connectivity index (χ4v) is 2.68. The monoisotopic (exact) mass is 303 g/mol. The number of likely N-dealkylation sites (tertiary alicyclic amines) is 1. The van der Waals surface area contributed by atoms with Gasteiger partial charge in [0.2, 0.25) is 5.78 Å². The van der Waals surface area contributed by atoms with Crippen molar-refractivity contribution in [3.8, 4) is 0 Å². The van der Waals surface area contributed by atoms with Crippen molar-refractivity contribution in [2.75, 3.05) is 13.2 Å².